The number of aromatic nitrogens is 2. The Kier molecular flexibility index (Phi) is 2.35. The molecule has 1 atom stereocenters. The number of halogens is 4. The van der Waals surface area contributed by atoms with Gasteiger partial charge in [0.25, 0.3) is 0 Å². The van der Waals surface area contributed by atoms with Gasteiger partial charge >= 0.3 is 6.18 Å². The van der Waals surface area contributed by atoms with Crippen molar-refractivity contribution in [2.75, 3.05) is 6.61 Å². The molecule has 1 saturated heterocycles. The molecule has 1 aromatic heterocycles. The Labute approximate surface area is 88.2 Å². The summed E-state index contributed by atoms with van der Waals surface area (Å²) in [6, 6.07) is 0. The molecule has 1 aromatic rings. The van der Waals surface area contributed by atoms with Gasteiger partial charge in [-0.05, 0) is 11.6 Å². The third-order valence-corrected chi connectivity index (χ3v) is 2.54. The van der Waals surface area contributed by atoms with Crippen LogP contribution in [0.15, 0.2) is 12.4 Å². The van der Waals surface area contributed by atoms with Crippen molar-refractivity contribution < 1.29 is 17.9 Å². The fourth-order valence-electron chi connectivity index (χ4n) is 1.44. The van der Waals surface area contributed by atoms with Crippen LogP contribution in [0.4, 0.5) is 13.2 Å². The average Bonchev–Trinajstić information content (AvgIpc) is 2.03. The van der Waals surface area contributed by atoms with Crippen LogP contribution >= 0.6 is 11.6 Å². The van der Waals surface area contributed by atoms with E-state index in [9.17, 15) is 13.2 Å². The number of hydrogen-bond acceptors (Lipinski definition) is 3. The normalized spacial score (nSPS) is 26.1. The van der Waals surface area contributed by atoms with Crippen molar-refractivity contribution in [1.29, 1.82) is 0 Å². The SMILES string of the molecule is FC(F)(F)C1(c2cnc(Cl)nc2)CCO1. The van der Waals surface area contributed by atoms with Gasteiger partial charge in [-0.3, -0.25) is 0 Å². The lowest BCUT2D eigenvalue weighted by Gasteiger charge is -2.42. The van der Waals surface area contributed by atoms with Gasteiger partial charge in [-0.15, -0.1) is 0 Å². The van der Waals surface area contributed by atoms with Crippen LogP contribution in [-0.2, 0) is 10.3 Å². The van der Waals surface area contributed by atoms with E-state index < -0.39 is 11.8 Å². The molecule has 0 aliphatic carbocycles. The van der Waals surface area contributed by atoms with Crippen molar-refractivity contribution in [1.82, 2.24) is 9.97 Å². The molecule has 0 amide bonds. The molecule has 0 saturated carbocycles. The van der Waals surface area contributed by atoms with Crippen molar-refractivity contribution in [2.24, 2.45) is 0 Å². The predicted molar refractivity (Wildman–Crippen MR) is 45.3 cm³/mol. The zero-order chi connectivity index (χ0) is 11.1. The Balaban J connectivity index is 2.39. The monoisotopic (exact) mass is 238 g/mol. The Morgan fingerprint density at radius 3 is 2.20 bits per heavy atom. The van der Waals surface area contributed by atoms with Crippen molar-refractivity contribution in [3.8, 4) is 0 Å². The lowest BCUT2D eigenvalue weighted by molar-refractivity contribution is -0.333. The zero-order valence-electron chi connectivity index (χ0n) is 7.38. The molecule has 0 spiro atoms. The molecule has 0 N–H and O–H groups in total. The highest BCUT2D eigenvalue weighted by Gasteiger charge is 2.61. The lowest BCUT2D eigenvalue weighted by Crippen LogP contribution is -2.52. The summed E-state index contributed by atoms with van der Waals surface area (Å²) in [4.78, 5) is 7.03. The number of nitrogens with zero attached hydrogens (tertiary/aromatic N) is 2. The fraction of sp³-hybridized carbons (Fsp3) is 0.500. The van der Waals surface area contributed by atoms with E-state index in [4.69, 9.17) is 11.6 Å². The van der Waals surface area contributed by atoms with Gasteiger partial charge < -0.3 is 4.74 Å². The maximum atomic E-state index is 12.7. The summed E-state index contributed by atoms with van der Waals surface area (Å²) in [5.41, 5.74) is -2.34. The standard InChI is InChI=1S/C8H6ClF3N2O/c9-6-13-3-5(4-14-6)7(1-2-15-7)8(10,11)12/h3-4H,1-2H2. The first-order valence-corrected chi connectivity index (χ1v) is 4.52. The molecule has 0 aromatic carbocycles. The summed E-state index contributed by atoms with van der Waals surface area (Å²) in [5.74, 6) is 0. The van der Waals surface area contributed by atoms with Crippen molar-refractivity contribution >= 4 is 11.6 Å². The molecule has 15 heavy (non-hydrogen) atoms. The van der Waals surface area contributed by atoms with Gasteiger partial charge in [-0.2, -0.15) is 13.2 Å². The highest BCUT2D eigenvalue weighted by atomic mass is 35.5. The molecule has 2 rings (SSSR count). The molecule has 0 bridgehead atoms. The average molecular weight is 239 g/mol. The largest absolute Gasteiger partial charge is 0.421 e. The summed E-state index contributed by atoms with van der Waals surface area (Å²) in [5, 5.41) is -0.0876. The quantitative estimate of drug-likeness (QED) is 0.705. The van der Waals surface area contributed by atoms with E-state index in [1.54, 1.807) is 0 Å². The van der Waals surface area contributed by atoms with Crippen LogP contribution in [0.3, 0.4) is 0 Å². The van der Waals surface area contributed by atoms with E-state index in [1.165, 1.54) is 0 Å². The van der Waals surface area contributed by atoms with E-state index >= 15 is 0 Å². The summed E-state index contributed by atoms with van der Waals surface area (Å²) in [7, 11) is 0. The van der Waals surface area contributed by atoms with Gasteiger partial charge in [0.2, 0.25) is 5.28 Å². The Morgan fingerprint density at radius 2 is 1.87 bits per heavy atom. The van der Waals surface area contributed by atoms with Gasteiger partial charge in [-0.1, -0.05) is 0 Å². The third kappa shape index (κ3) is 1.57. The lowest BCUT2D eigenvalue weighted by atomic mass is 9.88. The number of hydrogen-bond donors (Lipinski definition) is 0. The molecule has 7 heteroatoms. The Bertz CT molecular complexity index is 361. The topological polar surface area (TPSA) is 35.0 Å². The Hall–Kier alpha value is -0.880. The first-order valence-electron chi connectivity index (χ1n) is 4.14. The van der Waals surface area contributed by atoms with Gasteiger partial charge in [0.1, 0.15) is 0 Å². The summed E-state index contributed by atoms with van der Waals surface area (Å²) < 4.78 is 42.8. The maximum Gasteiger partial charge on any atom is 0.421 e. The zero-order valence-corrected chi connectivity index (χ0v) is 8.14. The van der Waals surface area contributed by atoms with Crippen molar-refractivity contribution in [3.63, 3.8) is 0 Å². The molecule has 2 heterocycles. The second kappa shape index (κ2) is 3.31. The maximum absolute atomic E-state index is 12.7. The molecule has 1 fully saturated rings. The van der Waals surface area contributed by atoms with Crippen LogP contribution in [0.5, 0.6) is 0 Å². The van der Waals surface area contributed by atoms with E-state index in [2.05, 4.69) is 14.7 Å². The minimum atomic E-state index is -4.46. The highest BCUT2D eigenvalue weighted by molar-refractivity contribution is 6.28. The van der Waals surface area contributed by atoms with Crippen LogP contribution in [0.1, 0.15) is 12.0 Å². The molecule has 82 valence electrons. The molecule has 3 nitrogen and oxygen atoms in total. The number of alkyl halides is 3. The van der Waals surface area contributed by atoms with Crippen LogP contribution < -0.4 is 0 Å². The first kappa shape index (κ1) is 10.6. The van der Waals surface area contributed by atoms with Crippen molar-refractivity contribution in [2.45, 2.75) is 18.2 Å². The van der Waals surface area contributed by atoms with Gasteiger partial charge in [-0.25, -0.2) is 9.97 Å². The van der Waals surface area contributed by atoms with E-state index in [0.29, 0.717) is 0 Å². The van der Waals surface area contributed by atoms with Crippen LogP contribution in [0, 0.1) is 0 Å². The molecule has 1 unspecified atom stereocenters. The smallest absolute Gasteiger partial charge is 0.361 e. The molecule has 0 radical (unpaired) electrons. The predicted octanol–water partition coefficient (Wildman–Crippen LogP) is 2.31. The Morgan fingerprint density at radius 1 is 1.33 bits per heavy atom. The van der Waals surface area contributed by atoms with Gasteiger partial charge in [0, 0.05) is 24.4 Å². The molecular weight excluding hydrogens is 233 g/mol. The highest BCUT2D eigenvalue weighted by Crippen LogP contribution is 2.49. The second-order valence-corrected chi connectivity index (χ2v) is 3.50. The molecule has 1 aliphatic heterocycles. The van der Waals surface area contributed by atoms with Crippen LogP contribution in [-0.4, -0.2) is 22.8 Å². The van der Waals surface area contributed by atoms with E-state index in [1.807, 2.05) is 0 Å². The molecular formula is C8H6ClF3N2O. The first-order chi connectivity index (χ1) is 6.96. The number of rotatable bonds is 1. The van der Waals surface area contributed by atoms with Gasteiger partial charge in [0.15, 0.2) is 5.60 Å². The summed E-state index contributed by atoms with van der Waals surface area (Å²) >= 11 is 5.39. The van der Waals surface area contributed by atoms with Crippen LogP contribution in [0.2, 0.25) is 5.28 Å². The summed E-state index contributed by atoms with van der Waals surface area (Å²) in [6.45, 7) is 0.0855. The summed E-state index contributed by atoms with van der Waals surface area (Å²) in [6.07, 6.45) is -2.48. The minimum absolute atomic E-state index is 0.0855. The van der Waals surface area contributed by atoms with Crippen LogP contribution in [0.25, 0.3) is 0 Å². The van der Waals surface area contributed by atoms with E-state index in [0.717, 1.165) is 12.4 Å². The van der Waals surface area contributed by atoms with Crippen molar-refractivity contribution in [3.05, 3.63) is 23.2 Å². The fourth-order valence-corrected chi connectivity index (χ4v) is 1.54. The second-order valence-electron chi connectivity index (χ2n) is 3.16. The van der Waals surface area contributed by atoms with E-state index in [-0.39, 0.29) is 23.9 Å². The third-order valence-electron chi connectivity index (χ3n) is 2.35. The number of ether oxygens (including phenoxy) is 1. The molecule has 1 aliphatic rings. The van der Waals surface area contributed by atoms with Gasteiger partial charge in [0.05, 0.1) is 6.61 Å². The minimum Gasteiger partial charge on any atom is -0.361 e.